The topological polar surface area (TPSA) is 15.3 Å². The normalized spacial score (nSPS) is 24.1. The third kappa shape index (κ3) is 3.80. The highest BCUT2D eigenvalue weighted by molar-refractivity contribution is 5.31. The van der Waals surface area contributed by atoms with Gasteiger partial charge in [-0.1, -0.05) is 24.3 Å². The van der Waals surface area contributed by atoms with E-state index < -0.39 is 5.92 Å². The quantitative estimate of drug-likeness (QED) is 0.919. The molecule has 1 aromatic carbocycles. The van der Waals surface area contributed by atoms with Crippen LogP contribution in [-0.4, -0.2) is 37.0 Å². The molecule has 0 bridgehead atoms. The molecule has 2 nitrogen and oxygen atoms in total. The molecule has 116 valence electrons. The van der Waals surface area contributed by atoms with E-state index in [4.69, 9.17) is 0 Å². The second-order valence-electron chi connectivity index (χ2n) is 6.36. The Morgan fingerprint density at radius 1 is 1.10 bits per heavy atom. The Balaban J connectivity index is 1.68. The van der Waals surface area contributed by atoms with E-state index in [1.807, 2.05) is 0 Å². The van der Waals surface area contributed by atoms with Crippen LogP contribution in [0.25, 0.3) is 0 Å². The molecule has 1 N–H and O–H groups in total. The molecule has 0 saturated carbocycles. The van der Waals surface area contributed by atoms with Gasteiger partial charge in [-0.15, -0.1) is 0 Å². The average molecular weight is 294 g/mol. The fourth-order valence-electron chi connectivity index (χ4n) is 3.49. The van der Waals surface area contributed by atoms with Crippen LogP contribution < -0.4 is 5.32 Å². The Labute approximate surface area is 125 Å². The molecule has 2 heterocycles. The Kier molecular flexibility index (Phi) is 4.55. The maximum Gasteiger partial charge on any atom is 0.250 e. The second-order valence-corrected chi connectivity index (χ2v) is 6.36. The van der Waals surface area contributed by atoms with Gasteiger partial charge >= 0.3 is 0 Å². The number of likely N-dealkylation sites (tertiary alicyclic amines) is 1. The van der Waals surface area contributed by atoms with Gasteiger partial charge in [-0.3, -0.25) is 4.90 Å². The molecule has 2 fully saturated rings. The standard InChI is InChI=1S/C17H24F2N2/c18-17(19)7-11-21(12-8-17)13-15-3-1-2-4-16(15)14-5-9-20-10-6-14/h1-4,14,20H,5-13H2. The van der Waals surface area contributed by atoms with E-state index in [1.165, 1.54) is 24.0 Å². The first-order valence-electron chi connectivity index (χ1n) is 8.03. The SMILES string of the molecule is FC1(F)CCN(Cc2ccccc2C2CCNCC2)CC1. The predicted octanol–water partition coefficient (Wildman–Crippen LogP) is 3.38. The molecule has 1 aromatic rings. The molecule has 3 rings (SSSR count). The number of halogens is 2. The van der Waals surface area contributed by atoms with Crippen molar-refractivity contribution in [2.24, 2.45) is 0 Å². The number of hydrogen-bond donors (Lipinski definition) is 1. The van der Waals surface area contributed by atoms with Crippen molar-refractivity contribution < 1.29 is 8.78 Å². The van der Waals surface area contributed by atoms with Crippen LogP contribution in [0.5, 0.6) is 0 Å². The summed E-state index contributed by atoms with van der Waals surface area (Å²) in [6.07, 6.45) is 2.36. The summed E-state index contributed by atoms with van der Waals surface area (Å²) < 4.78 is 26.5. The van der Waals surface area contributed by atoms with Crippen LogP contribution in [0.15, 0.2) is 24.3 Å². The third-order valence-electron chi connectivity index (χ3n) is 4.82. The summed E-state index contributed by atoms with van der Waals surface area (Å²) in [5.74, 6) is -1.83. The predicted molar refractivity (Wildman–Crippen MR) is 80.7 cm³/mol. The molecule has 0 radical (unpaired) electrons. The van der Waals surface area contributed by atoms with E-state index in [9.17, 15) is 8.78 Å². The summed E-state index contributed by atoms with van der Waals surface area (Å²) in [6, 6.07) is 8.57. The minimum absolute atomic E-state index is 0.00250. The molecule has 2 aliphatic rings. The Morgan fingerprint density at radius 2 is 1.76 bits per heavy atom. The number of benzene rings is 1. The summed E-state index contributed by atoms with van der Waals surface area (Å²) in [5.41, 5.74) is 2.76. The van der Waals surface area contributed by atoms with Crippen molar-refractivity contribution in [2.75, 3.05) is 26.2 Å². The minimum Gasteiger partial charge on any atom is -0.317 e. The highest BCUT2D eigenvalue weighted by Crippen LogP contribution is 2.31. The zero-order valence-electron chi connectivity index (χ0n) is 12.5. The van der Waals surface area contributed by atoms with Gasteiger partial charge in [-0.25, -0.2) is 8.78 Å². The van der Waals surface area contributed by atoms with Crippen molar-refractivity contribution >= 4 is 0 Å². The second kappa shape index (κ2) is 6.41. The smallest absolute Gasteiger partial charge is 0.250 e. The summed E-state index contributed by atoms with van der Waals surface area (Å²) in [7, 11) is 0. The van der Waals surface area contributed by atoms with Crippen molar-refractivity contribution in [3.05, 3.63) is 35.4 Å². The van der Waals surface area contributed by atoms with Crippen molar-refractivity contribution in [1.82, 2.24) is 10.2 Å². The zero-order valence-corrected chi connectivity index (χ0v) is 12.5. The van der Waals surface area contributed by atoms with Gasteiger partial charge in [-0.2, -0.15) is 0 Å². The van der Waals surface area contributed by atoms with Crippen molar-refractivity contribution in [3.8, 4) is 0 Å². The van der Waals surface area contributed by atoms with Crippen molar-refractivity contribution in [3.63, 3.8) is 0 Å². The van der Waals surface area contributed by atoms with Crippen molar-refractivity contribution in [2.45, 2.75) is 44.1 Å². The van der Waals surface area contributed by atoms with Crippen LogP contribution in [0, 0.1) is 0 Å². The van der Waals surface area contributed by atoms with Crippen LogP contribution in [0.2, 0.25) is 0 Å². The van der Waals surface area contributed by atoms with Gasteiger partial charge in [0.2, 0.25) is 0 Å². The van der Waals surface area contributed by atoms with E-state index in [1.54, 1.807) is 0 Å². The molecule has 2 saturated heterocycles. The van der Waals surface area contributed by atoms with Crippen LogP contribution in [0.3, 0.4) is 0 Å². The first kappa shape index (κ1) is 14.9. The maximum absolute atomic E-state index is 13.3. The molecule has 0 aromatic heterocycles. The summed E-state index contributed by atoms with van der Waals surface area (Å²) >= 11 is 0. The van der Waals surface area contributed by atoms with Gasteiger partial charge in [0.15, 0.2) is 0 Å². The molecule has 21 heavy (non-hydrogen) atoms. The number of nitrogens with one attached hydrogen (secondary N) is 1. The van der Waals surface area contributed by atoms with E-state index in [-0.39, 0.29) is 12.8 Å². The lowest BCUT2D eigenvalue weighted by atomic mass is 9.87. The highest BCUT2D eigenvalue weighted by atomic mass is 19.3. The van der Waals surface area contributed by atoms with Crippen molar-refractivity contribution in [1.29, 1.82) is 0 Å². The zero-order chi connectivity index (χ0) is 14.7. The third-order valence-corrected chi connectivity index (χ3v) is 4.82. The molecule has 0 unspecified atom stereocenters. The molecular formula is C17H24F2N2. The van der Waals surface area contributed by atoms with E-state index in [0.717, 1.165) is 19.6 Å². The van der Waals surface area contributed by atoms with Gasteiger partial charge in [0.1, 0.15) is 0 Å². The highest BCUT2D eigenvalue weighted by Gasteiger charge is 2.34. The number of hydrogen-bond acceptors (Lipinski definition) is 2. The molecule has 4 heteroatoms. The number of piperidine rings is 2. The summed E-state index contributed by atoms with van der Waals surface area (Å²) in [5, 5.41) is 3.40. The van der Waals surface area contributed by atoms with Gasteiger partial charge < -0.3 is 5.32 Å². The molecule has 0 aliphatic carbocycles. The fraction of sp³-hybridized carbons (Fsp3) is 0.647. The maximum atomic E-state index is 13.3. The minimum atomic E-state index is -2.45. The lowest BCUT2D eigenvalue weighted by Gasteiger charge is -2.33. The van der Waals surface area contributed by atoms with Gasteiger partial charge in [0, 0.05) is 32.5 Å². The van der Waals surface area contributed by atoms with Crippen LogP contribution in [-0.2, 0) is 6.54 Å². The van der Waals surface area contributed by atoms with Gasteiger partial charge in [0.05, 0.1) is 0 Å². The number of rotatable bonds is 3. The van der Waals surface area contributed by atoms with Crippen LogP contribution >= 0.6 is 0 Å². The van der Waals surface area contributed by atoms with Crippen LogP contribution in [0.1, 0.15) is 42.7 Å². The fourth-order valence-corrected chi connectivity index (χ4v) is 3.49. The molecule has 0 spiro atoms. The van der Waals surface area contributed by atoms with Crippen LogP contribution in [0.4, 0.5) is 8.78 Å². The van der Waals surface area contributed by atoms with E-state index >= 15 is 0 Å². The lowest BCUT2D eigenvalue weighted by molar-refractivity contribution is -0.0567. The number of nitrogens with zero attached hydrogens (tertiary/aromatic N) is 1. The molecule has 0 atom stereocenters. The Bertz CT molecular complexity index is 460. The number of alkyl halides is 2. The first-order valence-corrected chi connectivity index (χ1v) is 8.03. The average Bonchev–Trinajstić information content (AvgIpc) is 2.51. The monoisotopic (exact) mass is 294 g/mol. The summed E-state index contributed by atoms with van der Waals surface area (Å²) in [4.78, 5) is 2.18. The lowest BCUT2D eigenvalue weighted by Crippen LogP contribution is -2.39. The first-order chi connectivity index (χ1) is 10.1. The largest absolute Gasteiger partial charge is 0.317 e. The Hall–Kier alpha value is -1.00. The van der Waals surface area contributed by atoms with E-state index in [0.29, 0.717) is 19.0 Å². The van der Waals surface area contributed by atoms with Gasteiger partial charge in [0.25, 0.3) is 5.92 Å². The van der Waals surface area contributed by atoms with Gasteiger partial charge in [-0.05, 0) is 43.0 Å². The van der Waals surface area contributed by atoms with E-state index in [2.05, 4.69) is 34.5 Å². The molecule has 2 aliphatic heterocycles. The molecule has 0 amide bonds. The molecular weight excluding hydrogens is 270 g/mol. The Morgan fingerprint density at radius 3 is 2.48 bits per heavy atom. The summed E-state index contributed by atoms with van der Waals surface area (Å²) in [6.45, 7) is 3.99.